The second kappa shape index (κ2) is 10.6. The smallest absolute Gasteiger partial charge is 0.240 e. The van der Waals surface area contributed by atoms with Gasteiger partial charge in [0.05, 0.1) is 4.90 Å². The average Bonchev–Trinajstić information content (AvgIpc) is 2.77. The van der Waals surface area contributed by atoms with Crippen molar-refractivity contribution in [1.82, 2.24) is 9.62 Å². The van der Waals surface area contributed by atoms with Gasteiger partial charge >= 0.3 is 0 Å². The molecule has 0 spiro atoms. The van der Waals surface area contributed by atoms with Crippen LogP contribution in [0, 0.1) is 6.92 Å². The number of aryl methyl sites for hydroxylation is 1. The summed E-state index contributed by atoms with van der Waals surface area (Å²) in [5.74, 6) is 1.10. The summed E-state index contributed by atoms with van der Waals surface area (Å²) in [6.07, 6.45) is 2.62. The first kappa shape index (κ1) is 23.1. The van der Waals surface area contributed by atoms with Crippen molar-refractivity contribution in [2.45, 2.75) is 44.0 Å². The van der Waals surface area contributed by atoms with Crippen molar-refractivity contribution in [2.75, 3.05) is 26.8 Å². The molecule has 0 unspecified atom stereocenters. The van der Waals surface area contributed by atoms with Crippen molar-refractivity contribution in [3.8, 4) is 11.5 Å². The summed E-state index contributed by atoms with van der Waals surface area (Å²) in [5, 5.41) is 0. The maximum Gasteiger partial charge on any atom is 0.240 e. The lowest BCUT2D eigenvalue weighted by Crippen LogP contribution is -2.26. The Kier molecular flexibility index (Phi) is 7.92. The van der Waals surface area contributed by atoms with E-state index in [0.717, 1.165) is 18.4 Å². The summed E-state index contributed by atoms with van der Waals surface area (Å²) in [4.78, 5) is 14.2. The van der Waals surface area contributed by atoms with E-state index in [1.54, 1.807) is 11.0 Å². The van der Waals surface area contributed by atoms with Crippen molar-refractivity contribution in [3.05, 3.63) is 53.6 Å². The molecule has 1 heterocycles. The molecule has 2 aromatic carbocycles. The molecule has 7 nitrogen and oxygen atoms in total. The number of benzene rings is 2. The van der Waals surface area contributed by atoms with Crippen LogP contribution in [0.15, 0.2) is 47.4 Å². The number of hydrogen-bond acceptors (Lipinski definition) is 5. The number of carbonyl (C=O) groups excluding carboxylic acids is 1. The highest BCUT2D eigenvalue weighted by atomic mass is 32.2. The molecule has 1 aliphatic heterocycles. The van der Waals surface area contributed by atoms with Gasteiger partial charge in [0.1, 0.15) is 13.2 Å². The number of fused-ring (bicyclic) bond motifs is 1. The molecule has 1 N–H and O–H groups in total. The fourth-order valence-corrected chi connectivity index (χ4v) is 4.39. The molecule has 0 fully saturated rings. The summed E-state index contributed by atoms with van der Waals surface area (Å²) >= 11 is 0. The van der Waals surface area contributed by atoms with Crippen molar-refractivity contribution in [1.29, 1.82) is 0 Å². The molecule has 8 heteroatoms. The van der Waals surface area contributed by atoms with E-state index < -0.39 is 10.0 Å². The number of amides is 1. The van der Waals surface area contributed by atoms with Gasteiger partial charge in [0.25, 0.3) is 0 Å². The van der Waals surface area contributed by atoms with Gasteiger partial charge in [-0.1, -0.05) is 36.2 Å². The van der Waals surface area contributed by atoms with Gasteiger partial charge in [-0.3, -0.25) is 4.79 Å². The summed E-state index contributed by atoms with van der Waals surface area (Å²) in [5.41, 5.74) is 2.30. The maximum atomic E-state index is 12.5. The van der Waals surface area contributed by atoms with Gasteiger partial charge < -0.3 is 14.4 Å². The third kappa shape index (κ3) is 6.70. The Bertz CT molecular complexity index is 990. The number of ether oxygens (including phenoxy) is 2. The number of nitrogens with zero attached hydrogens (tertiary/aromatic N) is 1. The summed E-state index contributed by atoms with van der Waals surface area (Å²) < 4.78 is 38.4. The fraction of sp³-hybridized carbons (Fsp3) is 0.435. The van der Waals surface area contributed by atoms with Crippen LogP contribution in [0.4, 0.5) is 0 Å². The zero-order chi connectivity index (χ0) is 22.3. The lowest BCUT2D eigenvalue weighted by atomic mass is 10.1. The maximum absolute atomic E-state index is 12.5. The van der Waals surface area contributed by atoms with E-state index >= 15 is 0 Å². The third-order valence-corrected chi connectivity index (χ3v) is 6.61. The first-order valence-corrected chi connectivity index (χ1v) is 12.0. The number of rotatable bonds is 10. The monoisotopic (exact) mass is 446 g/mol. The van der Waals surface area contributed by atoms with E-state index in [1.807, 2.05) is 38.2 Å². The first-order valence-electron chi connectivity index (χ1n) is 10.5. The molecule has 1 aliphatic rings. The first-order chi connectivity index (χ1) is 14.8. The molecule has 31 heavy (non-hydrogen) atoms. The molecule has 2 aromatic rings. The van der Waals surface area contributed by atoms with Crippen LogP contribution < -0.4 is 14.2 Å². The lowest BCUT2D eigenvalue weighted by molar-refractivity contribution is -0.130. The van der Waals surface area contributed by atoms with Crippen LogP contribution in [0.25, 0.3) is 0 Å². The van der Waals surface area contributed by atoms with E-state index in [2.05, 4.69) is 4.72 Å². The topological polar surface area (TPSA) is 84.9 Å². The zero-order valence-corrected chi connectivity index (χ0v) is 18.9. The number of nitrogens with one attached hydrogen (secondary N) is 1. The Morgan fingerprint density at radius 1 is 1.00 bits per heavy atom. The standard InChI is InChI=1S/C23H30N2O5S/c1-18-7-9-19(10-8-18)17-25(2)23(26)6-4-3-5-13-24-31(27,28)20-11-12-21-22(16-20)30-15-14-29-21/h7-12,16,24H,3-6,13-15,17H2,1-2H3. The van der Waals surface area contributed by atoms with Crippen molar-refractivity contribution in [2.24, 2.45) is 0 Å². The quantitative estimate of drug-likeness (QED) is 0.566. The van der Waals surface area contributed by atoms with Crippen LogP contribution in [0.1, 0.15) is 36.8 Å². The van der Waals surface area contributed by atoms with E-state index in [9.17, 15) is 13.2 Å². The molecule has 0 bridgehead atoms. The highest BCUT2D eigenvalue weighted by Gasteiger charge is 2.19. The normalized spacial score (nSPS) is 13.1. The summed E-state index contributed by atoms with van der Waals surface area (Å²) in [6, 6.07) is 12.8. The molecular formula is C23H30N2O5S. The Labute approximate surface area is 184 Å². The van der Waals surface area contributed by atoms with Crippen LogP contribution in [0.5, 0.6) is 11.5 Å². The van der Waals surface area contributed by atoms with Gasteiger partial charge in [-0.15, -0.1) is 0 Å². The van der Waals surface area contributed by atoms with Crippen molar-refractivity contribution < 1.29 is 22.7 Å². The van der Waals surface area contributed by atoms with E-state index in [0.29, 0.717) is 50.6 Å². The van der Waals surface area contributed by atoms with Gasteiger partial charge in [0.2, 0.25) is 15.9 Å². The minimum absolute atomic E-state index is 0.0948. The second-order valence-electron chi connectivity index (χ2n) is 7.75. The number of unbranched alkanes of at least 4 members (excludes halogenated alkanes) is 2. The SMILES string of the molecule is Cc1ccc(CN(C)C(=O)CCCCCNS(=O)(=O)c2ccc3c(c2)OCCO3)cc1. The third-order valence-electron chi connectivity index (χ3n) is 5.15. The Morgan fingerprint density at radius 3 is 2.45 bits per heavy atom. The molecule has 0 aliphatic carbocycles. The average molecular weight is 447 g/mol. The van der Waals surface area contributed by atoms with Gasteiger partial charge in [-0.2, -0.15) is 0 Å². The molecule has 0 saturated carbocycles. The number of hydrogen-bond donors (Lipinski definition) is 1. The highest BCUT2D eigenvalue weighted by molar-refractivity contribution is 7.89. The Hall–Kier alpha value is -2.58. The molecular weight excluding hydrogens is 416 g/mol. The van der Waals surface area contributed by atoms with Crippen LogP contribution in [-0.2, 0) is 21.4 Å². The minimum atomic E-state index is -3.61. The number of carbonyl (C=O) groups is 1. The fourth-order valence-electron chi connectivity index (χ4n) is 3.31. The molecule has 0 saturated heterocycles. The Balaban J connectivity index is 1.36. The minimum Gasteiger partial charge on any atom is -0.486 e. The zero-order valence-electron chi connectivity index (χ0n) is 18.1. The van der Waals surface area contributed by atoms with Crippen LogP contribution in [0.3, 0.4) is 0 Å². The molecule has 0 radical (unpaired) electrons. The largest absolute Gasteiger partial charge is 0.486 e. The lowest BCUT2D eigenvalue weighted by Gasteiger charge is -2.19. The van der Waals surface area contributed by atoms with Crippen LogP contribution >= 0.6 is 0 Å². The highest BCUT2D eigenvalue weighted by Crippen LogP contribution is 2.32. The van der Waals surface area contributed by atoms with Gasteiger partial charge in [0, 0.05) is 32.6 Å². The molecule has 0 aromatic heterocycles. The van der Waals surface area contributed by atoms with Crippen LogP contribution in [-0.4, -0.2) is 46.0 Å². The van der Waals surface area contributed by atoms with Crippen molar-refractivity contribution >= 4 is 15.9 Å². The van der Waals surface area contributed by atoms with Crippen LogP contribution in [0.2, 0.25) is 0 Å². The van der Waals surface area contributed by atoms with Gasteiger partial charge in [0.15, 0.2) is 11.5 Å². The Morgan fingerprint density at radius 2 is 1.71 bits per heavy atom. The van der Waals surface area contributed by atoms with Crippen molar-refractivity contribution in [3.63, 3.8) is 0 Å². The van der Waals surface area contributed by atoms with E-state index in [-0.39, 0.29) is 10.8 Å². The molecule has 0 atom stereocenters. The molecule has 1 amide bonds. The second-order valence-corrected chi connectivity index (χ2v) is 9.52. The predicted molar refractivity (Wildman–Crippen MR) is 119 cm³/mol. The predicted octanol–water partition coefficient (Wildman–Crippen LogP) is 3.26. The number of sulfonamides is 1. The molecule has 3 rings (SSSR count). The summed E-state index contributed by atoms with van der Waals surface area (Å²) in [6.45, 7) is 3.82. The van der Waals surface area contributed by atoms with E-state index in [1.165, 1.54) is 17.7 Å². The van der Waals surface area contributed by atoms with Gasteiger partial charge in [-0.25, -0.2) is 13.1 Å². The molecule has 168 valence electrons. The summed E-state index contributed by atoms with van der Waals surface area (Å²) in [7, 11) is -1.80. The van der Waals surface area contributed by atoms with E-state index in [4.69, 9.17) is 9.47 Å². The van der Waals surface area contributed by atoms with Gasteiger partial charge in [-0.05, 0) is 37.5 Å².